The van der Waals surface area contributed by atoms with Crippen LogP contribution in [0.3, 0.4) is 0 Å². The van der Waals surface area contributed by atoms with E-state index < -0.39 is 17.4 Å². The second-order valence-corrected chi connectivity index (χ2v) is 4.30. The lowest BCUT2D eigenvalue weighted by atomic mass is 9.78. The first-order valence-electron chi connectivity index (χ1n) is 6.60. The lowest BCUT2D eigenvalue weighted by Crippen LogP contribution is -2.42. The van der Waals surface area contributed by atoms with Crippen molar-refractivity contribution in [2.24, 2.45) is 5.41 Å². The van der Waals surface area contributed by atoms with E-state index >= 15 is 0 Å². The molecule has 0 rings (SSSR count). The smallest absolute Gasteiger partial charge is 0.324 e. The number of hydrogen-bond donors (Lipinski definition) is 0. The van der Waals surface area contributed by atoms with E-state index in [1.54, 1.807) is 13.8 Å². The number of allylic oxidation sites excluding steroid dienone is 2. The molecule has 0 heterocycles. The SMILES string of the molecule is C=CCC(CC(=C)CC)(C(=O)OCC)C(=O)OCC. The molecule has 0 aromatic rings. The van der Waals surface area contributed by atoms with Gasteiger partial charge in [0.2, 0.25) is 0 Å². The van der Waals surface area contributed by atoms with Crippen LogP contribution in [0.4, 0.5) is 0 Å². The normalized spacial score (nSPS) is 10.7. The summed E-state index contributed by atoms with van der Waals surface area (Å²) in [6.45, 7) is 13.3. The molecule has 4 heteroatoms. The fraction of sp³-hybridized carbons (Fsp3) is 0.600. The summed E-state index contributed by atoms with van der Waals surface area (Å²) >= 11 is 0. The first-order valence-corrected chi connectivity index (χ1v) is 6.60. The number of carbonyl (C=O) groups is 2. The maximum atomic E-state index is 12.2. The van der Waals surface area contributed by atoms with E-state index in [4.69, 9.17) is 9.47 Å². The van der Waals surface area contributed by atoms with Gasteiger partial charge in [0.05, 0.1) is 13.2 Å². The molecule has 0 aromatic carbocycles. The maximum Gasteiger partial charge on any atom is 0.324 e. The summed E-state index contributed by atoms with van der Waals surface area (Å²) < 4.78 is 10.1. The summed E-state index contributed by atoms with van der Waals surface area (Å²) in [5, 5.41) is 0. The Balaban J connectivity index is 5.44. The van der Waals surface area contributed by atoms with Gasteiger partial charge in [0.1, 0.15) is 0 Å². The van der Waals surface area contributed by atoms with Gasteiger partial charge >= 0.3 is 11.9 Å². The third kappa shape index (κ3) is 4.54. The van der Waals surface area contributed by atoms with Crippen LogP contribution in [0.2, 0.25) is 0 Å². The molecule has 108 valence electrons. The Bertz CT molecular complexity index is 326. The average Bonchev–Trinajstić information content (AvgIpc) is 2.38. The maximum absolute atomic E-state index is 12.2. The third-order valence-electron chi connectivity index (χ3n) is 2.88. The Morgan fingerprint density at radius 2 is 1.58 bits per heavy atom. The first kappa shape index (κ1) is 17.4. The monoisotopic (exact) mass is 268 g/mol. The molecular formula is C15H24O4. The topological polar surface area (TPSA) is 52.6 Å². The molecule has 0 aromatic heterocycles. The highest BCUT2D eigenvalue weighted by molar-refractivity contribution is 6.00. The Labute approximate surface area is 115 Å². The molecule has 0 amide bonds. The second-order valence-electron chi connectivity index (χ2n) is 4.30. The predicted octanol–water partition coefficient (Wildman–Crippen LogP) is 3.03. The summed E-state index contributed by atoms with van der Waals surface area (Å²) in [5.41, 5.74) is -0.538. The van der Waals surface area contributed by atoms with E-state index in [1.165, 1.54) is 6.08 Å². The van der Waals surface area contributed by atoms with Crippen molar-refractivity contribution in [3.63, 3.8) is 0 Å². The van der Waals surface area contributed by atoms with Gasteiger partial charge in [0, 0.05) is 0 Å². The molecule has 0 radical (unpaired) electrons. The summed E-state index contributed by atoms with van der Waals surface area (Å²) in [4.78, 5) is 24.4. The molecule has 0 bridgehead atoms. The molecule has 0 fully saturated rings. The van der Waals surface area contributed by atoms with Crippen molar-refractivity contribution in [3.8, 4) is 0 Å². The Morgan fingerprint density at radius 3 is 1.89 bits per heavy atom. The molecule has 4 nitrogen and oxygen atoms in total. The van der Waals surface area contributed by atoms with E-state index in [0.717, 1.165) is 5.57 Å². The Kier molecular flexibility index (Phi) is 7.80. The summed E-state index contributed by atoms with van der Waals surface area (Å²) in [5.74, 6) is -1.13. The molecule has 0 aliphatic heterocycles. The van der Waals surface area contributed by atoms with E-state index in [-0.39, 0.29) is 26.1 Å². The molecule has 0 aliphatic carbocycles. The van der Waals surface area contributed by atoms with Crippen LogP contribution < -0.4 is 0 Å². The number of hydrogen-bond acceptors (Lipinski definition) is 4. The molecule has 19 heavy (non-hydrogen) atoms. The minimum atomic E-state index is -1.35. The van der Waals surface area contributed by atoms with Crippen LogP contribution in [0.25, 0.3) is 0 Å². The predicted molar refractivity (Wildman–Crippen MR) is 74.6 cm³/mol. The minimum Gasteiger partial charge on any atom is -0.465 e. The van der Waals surface area contributed by atoms with Crippen molar-refractivity contribution < 1.29 is 19.1 Å². The molecule has 0 atom stereocenters. The van der Waals surface area contributed by atoms with Gasteiger partial charge in [-0.25, -0.2) is 0 Å². The van der Waals surface area contributed by atoms with Crippen LogP contribution in [-0.4, -0.2) is 25.2 Å². The molecular weight excluding hydrogens is 244 g/mol. The molecule has 0 unspecified atom stereocenters. The summed E-state index contributed by atoms with van der Waals surface area (Å²) in [6.07, 6.45) is 2.64. The van der Waals surface area contributed by atoms with Crippen LogP contribution in [0.15, 0.2) is 24.8 Å². The van der Waals surface area contributed by atoms with Gasteiger partial charge in [-0.2, -0.15) is 0 Å². The lowest BCUT2D eigenvalue weighted by Gasteiger charge is -2.28. The fourth-order valence-electron chi connectivity index (χ4n) is 1.80. The van der Waals surface area contributed by atoms with Crippen molar-refractivity contribution in [1.82, 2.24) is 0 Å². The number of ether oxygens (including phenoxy) is 2. The van der Waals surface area contributed by atoms with Gasteiger partial charge in [-0.05, 0) is 33.1 Å². The third-order valence-corrected chi connectivity index (χ3v) is 2.88. The molecule has 0 spiro atoms. The van der Waals surface area contributed by atoms with Gasteiger partial charge < -0.3 is 9.47 Å². The molecule has 0 saturated carbocycles. The van der Waals surface area contributed by atoms with E-state index in [9.17, 15) is 9.59 Å². The zero-order valence-corrected chi connectivity index (χ0v) is 12.2. The fourth-order valence-corrected chi connectivity index (χ4v) is 1.80. The van der Waals surface area contributed by atoms with Gasteiger partial charge in [-0.3, -0.25) is 9.59 Å². The zero-order valence-electron chi connectivity index (χ0n) is 12.2. The first-order chi connectivity index (χ1) is 8.98. The van der Waals surface area contributed by atoms with Crippen molar-refractivity contribution >= 4 is 11.9 Å². The van der Waals surface area contributed by atoms with E-state index in [1.807, 2.05) is 6.92 Å². The van der Waals surface area contributed by atoms with E-state index in [2.05, 4.69) is 13.2 Å². The average molecular weight is 268 g/mol. The molecule has 0 N–H and O–H groups in total. The van der Waals surface area contributed by atoms with Gasteiger partial charge in [0.15, 0.2) is 5.41 Å². The highest BCUT2D eigenvalue weighted by atomic mass is 16.6. The largest absolute Gasteiger partial charge is 0.465 e. The van der Waals surface area contributed by atoms with Crippen molar-refractivity contribution in [2.75, 3.05) is 13.2 Å². The quantitative estimate of drug-likeness (QED) is 0.366. The van der Waals surface area contributed by atoms with Crippen LogP contribution in [0.1, 0.15) is 40.0 Å². The number of rotatable bonds is 9. The summed E-state index contributed by atoms with van der Waals surface area (Å²) in [6, 6.07) is 0. The zero-order chi connectivity index (χ0) is 14.9. The Morgan fingerprint density at radius 1 is 1.11 bits per heavy atom. The van der Waals surface area contributed by atoms with Gasteiger partial charge in [-0.1, -0.05) is 25.2 Å². The molecule has 0 saturated heterocycles. The van der Waals surface area contributed by atoms with Crippen molar-refractivity contribution in [1.29, 1.82) is 0 Å². The highest BCUT2D eigenvalue weighted by Gasteiger charge is 2.47. The molecule has 0 aliphatic rings. The van der Waals surface area contributed by atoms with Crippen molar-refractivity contribution in [3.05, 3.63) is 24.8 Å². The van der Waals surface area contributed by atoms with E-state index in [0.29, 0.717) is 6.42 Å². The van der Waals surface area contributed by atoms with Gasteiger partial charge in [-0.15, -0.1) is 6.58 Å². The minimum absolute atomic E-state index is 0.184. The van der Waals surface area contributed by atoms with Crippen LogP contribution >= 0.6 is 0 Å². The standard InChI is InChI=1S/C15H24O4/c1-6-10-15(11-12(5)7-2,13(16)18-8-3)14(17)19-9-4/h6H,1,5,7-11H2,2-4H3. The lowest BCUT2D eigenvalue weighted by molar-refractivity contribution is -0.171. The highest BCUT2D eigenvalue weighted by Crippen LogP contribution is 2.34. The number of carbonyl (C=O) groups excluding carboxylic acids is 2. The van der Waals surface area contributed by atoms with Crippen LogP contribution in [0, 0.1) is 5.41 Å². The van der Waals surface area contributed by atoms with Crippen LogP contribution in [-0.2, 0) is 19.1 Å². The number of esters is 2. The van der Waals surface area contributed by atoms with Gasteiger partial charge in [0.25, 0.3) is 0 Å². The van der Waals surface area contributed by atoms with Crippen molar-refractivity contribution in [2.45, 2.75) is 40.0 Å². The second kappa shape index (κ2) is 8.51. The summed E-state index contributed by atoms with van der Waals surface area (Å²) in [7, 11) is 0. The Hall–Kier alpha value is -1.58. The van der Waals surface area contributed by atoms with Crippen LogP contribution in [0.5, 0.6) is 0 Å².